The molecule has 0 saturated heterocycles. The number of aliphatic imine (C=N–C) groups is 1. The number of halogens is 2. The minimum atomic E-state index is -2.22. The number of hydroxylamine groups is 1. The Bertz CT molecular complexity index is 1190. The zero-order valence-electron chi connectivity index (χ0n) is 22.3. The molecule has 37 heavy (non-hydrogen) atoms. The first-order chi connectivity index (χ1) is 17.2. The Labute approximate surface area is 226 Å². The number of aromatic nitrogens is 2. The number of anilines is 1. The molecule has 2 heterocycles. The summed E-state index contributed by atoms with van der Waals surface area (Å²) in [5.74, 6) is -0.186. The second kappa shape index (κ2) is 11.5. The highest BCUT2D eigenvalue weighted by atomic mass is 79.9. The maximum Gasteiger partial charge on any atom is 0.333 e. The number of nitrogens with two attached hydrogens (primary N) is 1. The van der Waals surface area contributed by atoms with Crippen LogP contribution in [0.3, 0.4) is 0 Å². The van der Waals surface area contributed by atoms with E-state index in [-0.39, 0.29) is 35.9 Å². The van der Waals surface area contributed by atoms with Crippen molar-refractivity contribution in [1.29, 1.82) is 0 Å². The van der Waals surface area contributed by atoms with Gasteiger partial charge in [-0.2, -0.15) is 0 Å². The van der Waals surface area contributed by atoms with Crippen molar-refractivity contribution in [3.05, 3.63) is 51.0 Å². The summed E-state index contributed by atoms with van der Waals surface area (Å²) in [6.07, 6.45) is 0.000538. The summed E-state index contributed by atoms with van der Waals surface area (Å²) in [5.41, 5.74) is 11.7. The second-order valence-electron chi connectivity index (χ2n) is 10.5. The van der Waals surface area contributed by atoms with Crippen LogP contribution in [-0.4, -0.2) is 49.9 Å². The van der Waals surface area contributed by atoms with E-state index in [1.165, 1.54) is 19.2 Å². The first kappa shape index (κ1) is 29.1. The summed E-state index contributed by atoms with van der Waals surface area (Å²) < 4.78 is 25.5. The predicted molar refractivity (Wildman–Crippen MR) is 146 cm³/mol. The molecular formula is C25H35BrFN5O4Si. The second-order valence-corrected chi connectivity index (χ2v) is 16.1. The summed E-state index contributed by atoms with van der Waals surface area (Å²) in [4.78, 5) is 31.7. The molecule has 2 unspecified atom stereocenters. The Hall–Kier alpha value is -2.41. The maximum atomic E-state index is 13.7. The number of carbonyl (C=O) groups is 1. The molecule has 202 valence electrons. The first-order valence-corrected chi connectivity index (χ1v) is 15.7. The van der Waals surface area contributed by atoms with E-state index in [2.05, 4.69) is 65.2 Å². The largest absolute Gasteiger partial charge is 0.467 e. The molecule has 3 N–H and O–H groups in total. The highest BCUT2D eigenvalue weighted by Gasteiger charge is 2.41. The number of methoxy groups -OCH3 is 1. The van der Waals surface area contributed by atoms with E-state index in [4.69, 9.17) is 24.7 Å². The number of aryl methyl sites for hydroxylation is 1. The third-order valence-electron chi connectivity index (χ3n) is 6.77. The van der Waals surface area contributed by atoms with Crippen LogP contribution in [0.1, 0.15) is 55.7 Å². The highest BCUT2D eigenvalue weighted by Crippen LogP contribution is 2.38. The van der Waals surface area contributed by atoms with Crippen molar-refractivity contribution >= 4 is 42.0 Å². The van der Waals surface area contributed by atoms with Crippen molar-refractivity contribution in [2.24, 2.45) is 4.99 Å². The lowest BCUT2D eigenvalue weighted by molar-refractivity contribution is -0.150. The molecule has 3 rings (SSSR count). The van der Waals surface area contributed by atoms with Gasteiger partial charge < -0.3 is 14.9 Å². The third kappa shape index (κ3) is 6.92. The molecule has 12 heteroatoms. The minimum absolute atomic E-state index is 0.0675. The third-order valence-corrected chi connectivity index (χ3v) is 11.9. The van der Waals surface area contributed by atoms with Gasteiger partial charge in [-0.05, 0) is 42.8 Å². The number of amidine groups is 1. The van der Waals surface area contributed by atoms with Crippen LogP contribution >= 0.6 is 15.9 Å². The van der Waals surface area contributed by atoms with Crippen LogP contribution in [-0.2, 0) is 25.2 Å². The zero-order chi connectivity index (χ0) is 27.5. The van der Waals surface area contributed by atoms with E-state index < -0.39 is 20.4 Å². The molecule has 0 spiro atoms. The molecule has 2 atom stereocenters. The summed E-state index contributed by atoms with van der Waals surface area (Å²) in [7, 11) is -0.869. The van der Waals surface area contributed by atoms with Gasteiger partial charge >= 0.3 is 5.97 Å². The van der Waals surface area contributed by atoms with Crippen molar-refractivity contribution in [2.45, 2.75) is 70.8 Å². The standard InChI is InChI=1S/C25H35BrFN5O4Si/c1-14-21-19(31-24(28)29-14)13-18(16-9-8-15(27)12-17(16)26)30-22(21)32-35-11-10-20(23(33)34-5)36-37(6,7)25(2,3)4/h8-9,12,18,20H,10-11,13H2,1-7H3,(H,30,32)(H2,28,29,31). The number of nitrogens with one attached hydrogen (secondary N) is 1. The van der Waals surface area contributed by atoms with Gasteiger partial charge in [-0.1, -0.05) is 42.8 Å². The minimum Gasteiger partial charge on any atom is -0.467 e. The maximum absolute atomic E-state index is 13.7. The molecule has 1 aliphatic rings. The molecule has 1 aliphatic heterocycles. The molecular weight excluding hydrogens is 561 g/mol. The van der Waals surface area contributed by atoms with Gasteiger partial charge in [-0.15, -0.1) is 0 Å². The summed E-state index contributed by atoms with van der Waals surface area (Å²) in [5, 5.41) is -0.0675. The lowest BCUT2D eigenvalue weighted by Gasteiger charge is -2.38. The van der Waals surface area contributed by atoms with Crippen LogP contribution in [0.15, 0.2) is 27.7 Å². The average molecular weight is 597 g/mol. The number of carbonyl (C=O) groups excluding carboxylic acids is 1. The van der Waals surface area contributed by atoms with Crippen LogP contribution in [0, 0.1) is 12.7 Å². The summed E-state index contributed by atoms with van der Waals surface area (Å²) in [6, 6.07) is 4.13. The Morgan fingerprint density at radius 2 is 2.03 bits per heavy atom. The number of nitrogens with zero attached hydrogens (tertiary/aromatic N) is 3. The summed E-state index contributed by atoms with van der Waals surface area (Å²) in [6.45, 7) is 12.5. The van der Waals surface area contributed by atoms with Gasteiger partial charge in [0.05, 0.1) is 36.7 Å². The van der Waals surface area contributed by atoms with Crippen LogP contribution in [0.4, 0.5) is 10.3 Å². The topological polar surface area (TPSA) is 121 Å². The Kier molecular flexibility index (Phi) is 9.09. The van der Waals surface area contributed by atoms with Gasteiger partial charge in [-0.3, -0.25) is 9.83 Å². The van der Waals surface area contributed by atoms with E-state index in [0.29, 0.717) is 33.7 Å². The van der Waals surface area contributed by atoms with Crippen LogP contribution in [0.25, 0.3) is 0 Å². The summed E-state index contributed by atoms with van der Waals surface area (Å²) >= 11 is 3.44. The number of ether oxygens (including phenoxy) is 1. The lowest BCUT2D eigenvalue weighted by Crippen LogP contribution is -2.46. The number of esters is 1. The molecule has 1 aromatic carbocycles. The van der Waals surface area contributed by atoms with Crippen LogP contribution < -0.4 is 11.2 Å². The fourth-order valence-electron chi connectivity index (χ4n) is 3.76. The van der Waals surface area contributed by atoms with Gasteiger partial charge in [0.15, 0.2) is 14.2 Å². The average Bonchev–Trinajstić information content (AvgIpc) is 2.78. The first-order valence-electron chi connectivity index (χ1n) is 12.0. The molecule has 0 amide bonds. The molecule has 0 bridgehead atoms. The molecule has 0 aliphatic carbocycles. The number of hydrogen-bond donors (Lipinski definition) is 2. The van der Waals surface area contributed by atoms with E-state index in [1.807, 2.05) is 6.92 Å². The van der Waals surface area contributed by atoms with Crippen molar-refractivity contribution in [1.82, 2.24) is 15.4 Å². The number of fused-ring (bicyclic) bond motifs is 1. The molecule has 0 radical (unpaired) electrons. The number of benzene rings is 1. The van der Waals surface area contributed by atoms with Crippen molar-refractivity contribution in [3.63, 3.8) is 0 Å². The molecule has 0 fully saturated rings. The SMILES string of the molecule is COC(=O)C(CCONC1=NC(c2ccc(F)cc2Br)Cc2nc(N)nc(C)c21)O[Si](C)(C)C(C)(C)C. The lowest BCUT2D eigenvalue weighted by atomic mass is 9.95. The van der Waals surface area contributed by atoms with Crippen LogP contribution in [0.5, 0.6) is 0 Å². The zero-order valence-corrected chi connectivity index (χ0v) is 24.9. The Morgan fingerprint density at radius 3 is 2.65 bits per heavy atom. The van der Waals surface area contributed by atoms with Crippen LogP contribution in [0.2, 0.25) is 18.1 Å². The molecule has 2 aromatic rings. The number of nitrogen functional groups attached to an aromatic ring is 1. The fraction of sp³-hybridized carbons (Fsp3) is 0.520. The fourth-order valence-corrected chi connectivity index (χ4v) is 5.66. The van der Waals surface area contributed by atoms with Crippen molar-refractivity contribution < 1.29 is 23.2 Å². The Morgan fingerprint density at radius 1 is 1.32 bits per heavy atom. The van der Waals surface area contributed by atoms with E-state index in [0.717, 1.165) is 5.56 Å². The van der Waals surface area contributed by atoms with Crippen molar-refractivity contribution in [2.75, 3.05) is 19.5 Å². The molecule has 9 nitrogen and oxygen atoms in total. The van der Waals surface area contributed by atoms with Gasteiger partial charge in [0.1, 0.15) is 11.9 Å². The van der Waals surface area contributed by atoms with Gasteiger partial charge in [0.25, 0.3) is 0 Å². The van der Waals surface area contributed by atoms with E-state index in [1.54, 1.807) is 6.07 Å². The van der Waals surface area contributed by atoms with Crippen molar-refractivity contribution in [3.8, 4) is 0 Å². The predicted octanol–water partition coefficient (Wildman–Crippen LogP) is 4.79. The van der Waals surface area contributed by atoms with Gasteiger partial charge in [-0.25, -0.2) is 24.6 Å². The molecule has 1 aromatic heterocycles. The number of hydrogen-bond acceptors (Lipinski definition) is 9. The van der Waals surface area contributed by atoms with E-state index >= 15 is 0 Å². The highest BCUT2D eigenvalue weighted by molar-refractivity contribution is 9.10. The molecule has 0 saturated carbocycles. The van der Waals surface area contributed by atoms with Gasteiger partial charge in [0, 0.05) is 17.3 Å². The monoisotopic (exact) mass is 595 g/mol. The van der Waals surface area contributed by atoms with Gasteiger partial charge in [0.2, 0.25) is 5.95 Å². The van der Waals surface area contributed by atoms with E-state index in [9.17, 15) is 9.18 Å². The smallest absolute Gasteiger partial charge is 0.333 e. The number of rotatable bonds is 8. The quantitative estimate of drug-likeness (QED) is 0.193. The Balaban J connectivity index is 1.79. The normalized spacial score (nSPS) is 16.6.